The molecular formula is C16H27NO3. The van der Waals surface area contributed by atoms with Gasteiger partial charge in [-0.25, -0.2) is 4.79 Å². The Labute approximate surface area is 121 Å². The second-order valence-corrected chi connectivity index (χ2v) is 8.11. The molecule has 1 spiro atoms. The number of Topliss-reactive ketones (excluding diaryl/α,β-unsaturated/α-hetero) is 1. The van der Waals surface area contributed by atoms with Crippen molar-refractivity contribution in [2.45, 2.75) is 65.9 Å². The summed E-state index contributed by atoms with van der Waals surface area (Å²) in [5.41, 5.74) is -0.722. The van der Waals surface area contributed by atoms with Gasteiger partial charge in [-0.1, -0.05) is 27.7 Å². The molecular weight excluding hydrogens is 254 g/mol. The van der Waals surface area contributed by atoms with Crippen molar-refractivity contribution in [2.75, 3.05) is 13.1 Å². The molecule has 0 bridgehead atoms. The van der Waals surface area contributed by atoms with Crippen LogP contribution in [0.5, 0.6) is 0 Å². The summed E-state index contributed by atoms with van der Waals surface area (Å²) in [6, 6.07) is 0. The lowest BCUT2D eigenvalue weighted by atomic mass is 9.66. The molecule has 0 radical (unpaired) electrons. The number of amides is 1. The van der Waals surface area contributed by atoms with Crippen LogP contribution in [0.4, 0.5) is 4.79 Å². The molecule has 1 amide bonds. The molecule has 1 heterocycles. The van der Waals surface area contributed by atoms with E-state index in [2.05, 4.69) is 20.8 Å². The number of nitrogens with zero attached hydrogens (tertiary/aromatic N) is 1. The van der Waals surface area contributed by atoms with Crippen molar-refractivity contribution in [1.29, 1.82) is 0 Å². The summed E-state index contributed by atoms with van der Waals surface area (Å²) in [4.78, 5) is 25.8. The molecule has 114 valence electrons. The molecule has 1 aliphatic carbocycles. The summed E-state index contributed by atoms with van der Waals surface area (Å²) in [6.07, 6.45) is 3.19. The van der Waals surface area contributed by atoms with Crippen molar-refractivity contribution in [1.82, 2.24) is 4.90 Å². The smallest absolute Gasteiger partial charge is 0.410 e. The molecule has 4 nitrogen and oxygen atoms in total. The van der Waals surface area contributed by atoms with Crippen molar-refractivity contribution in [3.8, 4) is 0 Å². The van der Waals surface area contributed by atoms with Crippen LogP contribution in [0.3, 0.4) is 0 Å². The summed E-state index contributed by atoms with van der Waals surface area (Å²) in [6.45, 7) is 11.3. The minimum absolute atomic E-state index is 0.0586. The highest BCUT2D eigenvalue weighted by Gasteiger charge is 2.52. The fourth-order valence-corrected chi connectivity index (χ4v) is 3.60. The van der Waals surface area contributed by atoms with Gasteiger partial charge >= 0.3 is 6.09 Å². The summed E-state index contributed by atoms with van der Waals surface area (Å²) in [5, 5.41) is 0. The van der Waals surface area contributed by atoms with Crippen LogP contribution in [0.1, 0.15) is 60.3 Å². The zero-order chi connectivity index (χ0) is 15.2. The number of rotatable bonds is 2. The Hall–Kier alpha value is -1.06. The predicted molar refractivity (Wildman–Crippen MR) is 77.5 cm³/mol. The van der Waals surface area contributed by atoms with Gasteiger partial charge in [0, 0.05) is 18.4 Å². The first kappa shape index (κ1) is 15.3. The maximum absolute atomic E-state index is 12.1. The van der Waals surface area contributed by atoms with Gasteiger partial charge in [0.15, 0.2) is 0 Å². The molecule has 2 rings (SSSR count). The number of hydrogen-bond acceptors (Lipinski definition) is 3. The van der Waals surface area contributed by atoms with E-state index < -0.39 is 5.60 Å². The highest BCUT2D eigenvalue weighted by atomic mass is 16.6. The first-order valence-electron chi connectivity index (χ1n) is 7.54. The van der Waals surface area contributed by atoms with E-state index in [0.717, 1.165) is 19.3 Å². The molecule has 0 N–H and O–H groups in total. The Morgan fingerprint density at radius 3 is 2.55 bits per heavy atom. The normalized spacial score (nSPS) is 34.5. The minimum Gasteiger partial charge on any atom is -0.441 e. The van der Waals surface area contributed by atoms with Gasteiger partial charge in [0.05, 0.1) is 6.54 Å². The Kier molecular flexibility index (Phi) is 3.64. The molecule has 1 saturated carbocycles. The molecule has 2 atom stereocenters. The van der Waals surface area contributed by atoms with Crippen LogP contribution < -0.4 is 0 Å². The standard InChI is InChI=1S/C16H27NO3/c1-12(18)15(5)7-6-8-16(9-15)11-17(13(19)20-16)10-14(2,3)4/h6-11H2,1-5H3/t15-,16-/m0/s1. The average molecular weight is 281 g/mol. The lowest BCUT2D eigenvalue weighted by Gasteiger charge is -2.41. The number of ether oxygens (including phenoxy) is 1. The molecule has 1 saturated heterocycles. The molecule has 1 aliphatic heterocycles. The first-order valence-corrected chi connectivity index (χ1v) is 7.54. The minimum atomic E-state index is -0.443. The van der Waals surface area contributed by atoms with Crippen LogP contribution in [0.2, 0.25) is 0 Å². The molecule has 0 unspecified atom stereocenters. The Bertz CT molecular complexity index is 426. The third-order valence-corrected chi connectivity index (χ3v) is 4.63. The van der Waals surface area contributed by atoms with E-state index in [4.69, 9.17) is 4.74 Å². The van der Waals surface area contributed by atoms with Gasteiger partial charge in [0.2, 0.25) is 0 Å². The third-order valence-electron chi connectivity index (χ3n) is 4.63. The average Bonchev–Trinajstić information content (AvgIpc) is 2.51. The summed E-state index contributed by atoms with van der Waals surface area (Å²) in [7, 11) is 0. The fourth-order valence-electron chi connectivity index (χ4n) is 3.60. The van der Waals surface area contributed by atoms with Crippen LogP contribution in [-0.4, -0.2) is 35.5 Å². The lowest BCUT2D eigenvalue weighted by Crippen LogP contribution is -2.46. The van der Waals surface area contributed by atoms with E-state index in [0.29, 0.717) is 19.5 Å². The van der Waals surface area contributed by atoms with E-state index in [9.17, 15) is 9.59 Å². The molecule has 2 fully saturated rings. The van der Waals surface area contributed by atoms with Gasteiger partial charge in [0.25, 0.3) is 0 Å². The van der Waals surface area contributed by atoms with Gasteiger partial charge in [-0.05, 0) is 31.6 Å². The van der Waals surface area contributed by atoms with Crippen LogP contribution in [0, 0.1) is 10.8 Å². The number of hydrogen-bond donors (Lipinski definition) is 0. The van der Waals surface area contributed by atoms with E-state index in [1.807, 2.05) is 11.8 Å². The Morgan fingerprint density at radius 1 is 1.35 bits per heavy atom. The topological polar surface area (TPSA) is 46.6 Å². The summed E-state index contributed by atoms with van der Waals surface area (Å²) < 4.78 is 5.73. The third kappa shape index (κ3) is 2.99. The largest absolute Gasteiger partial charge is 0.441 e. The van der Waals surface area contributed by atoms with E-state index in [-0.39, 0.29) is 22.7 Å². The van der Waals surface area contributed by atoms with E-state index >= 15 is 0 Å². The summed E-state index contributed by atoms with van der Waals surface area (Å²) >= 11 is 0. The molecule has 0 aromatic rings. The first-order chi connectivity index (χ1) is 9.05. The molecule has 2 aliphatic rings. The SMILES string of the molecule is CC(=O)[C@@]1(C)CCC[C@@]2(CN(CC(C)(C)C)C(=O)O2)C1. The van der Waals surface area contributed by atoms with Crippen molar-refractivity contribution in [2.24, 2.45) is 10.8 Å². The fraction of sp³-hybridized carbons (Fsp3) is 0.875. The molecule has 20 heavy (non-hydrogen) atoms. The maximum Gasteiger partial charge on any atom is 0.410 e. The molecule has 4 heteroatoms. The van der Waals surface area contributed by atoms with E-state index in [1.54, 1.807) is 6.92 Å². The van der Waals surface area contributed by atoms with Gasteiger partial charge in [0.1, 0.15) is 11.4 Å². The predicted octanol–water partition coefficient (Wildman–Crippen LogP) is 3.39. The Morgan fingerprint density at radius 2 is 2.00 bits per heavy atom. The molecule has 0 aromatic carbocycles. The van der Waals surface area contributed by atoms with Crippen molar-refractivity contribution < 1.29 is 14.3 Å². The highest BCUT2D eigenvalue weighted by Crippen LogP contribution is 2.46. The van der Waals surface area contributed by atoms with Crippen LogP contribution >= 0.6 is 0 Å². The van der Waals surface area contributed by atoms with Crippen molar-refractivity contribution in [3.05, 3.63) is 0 Å². The van der Waals surface area contributed by atoms with Crippen LogP contribution in [0.15, 0.2) is 0 Å². The quantitative estimate of drug-likeness (QED) is 0.779. The van der Waals surface area contributed by atoms with Gasteiger partial charge < -0.3 is 9.64 Å². The second-order valence-electron chi connectivity index (χ2n) is 8.11. The Balaban J connectivity index is 2.13. The zero-order valence-electron chi connectivity index (χ0n) is 13.4. The lowest BCUT2D eigenvalue weighted by molar-refractivity contribution is -0.132. The monoisotopic (exact) mass is 281 g/mol. The maximum atomic E-state index is 12.1. The highest BCUT2D eigenvalue weighted by molar-refractivity contribution is 5.82. The molecule has 0 aromatic heterocycles. The van der Waals surface area contributed by atoms with Gasteiger partial charge in [-0.3, -0.25) is 4.79 Å². The van der Waals surface area contributed by atoms with Crippen LogP contribution in [0.25, 0.3) is 0 Å². The van der Waals surface area contributed by atoms with Gasteiger partial charge in [-0.2, -0.15) is 0 Å². The number of carbonyl (C=O) groups excluding carboxylic acids is 2. The van der Waals surface area contributed by atoms with E-state index in [1.165, 1.54) is 0 Å². The zero-order valence-corrected chi connectivity index (χ0v) is 13.4. The number of ketones is 1. The van der Waals surface area contributed by atoms with Crippen LogP contribution in [-0.2, 0) is 9.53 Å². The summed E-state index contributed by atoms with van der Waals surface area (Å²) in [5.74, 6) is 0.210. The van der Waals surface area contributed by atoms with Crippen molar-refractivity contribution >= 4 is 11.9 Å². The second kappa shape index (κ2) is 4.74. The van der Waals surface area contributed by atoms with Crippen molar-refractivity contribution in [3.63, 3.8) is 0 Å². The van der Waals surface area contributed by atoms with Gasteiger partial charge in [-0.15, -0.1) is 0 Å². The number of carbonyl (C=O) groups is 2.